The maximum atomic E-state index is 13.6. The summed E-state index contributed by atoms with van der Waals surface area (Å²) in [7, 11) is -8.67. The largest absolute Gasteiger partial charge is 0.504 e. The number of benzene rings is 4. The fourth-order valence-electron chi connectivity index (χ4n) is 6.41. The average Bonchev–Trinajstić information content (AvgIpc) is 3.62. The first-order valence-electron chi connectivity index (χ1n) is 16.5. The number of aromatic hydroxyl groups is 4. The maximum Gasteiger partial charge on any atom is 0.258 e. The minimum atomic E-state index is -4.34. The number of phenolic OH excluding ortho intramolecular Hbond substituents is 4. The number of unbranched alkanes of at least 4 members (excludes halogenated alkanes) is 2. The highest BCUT2D eigenvalue weighted by atomic mass is 35.5. The Balaban J connectivity index is 1.05. The van der Waals surface area contributed by atoms with Crippen molar-refractivity contribution in [3.8, 4) is 23.0 Å². The minimum Gasteiger partial charge on any atom is -0.504 e. The Morgan fingerprint density at radius 3 is 1.36 bits per heavy atom. The number of nitrogens with one attached hydrogen (secondary N) is 2. The summed E-state index contributed by atoms with van der Waals surface area (Å²) in [4.78, 5) is 27.9. The Morgan fingerprint density at radius 2 is 1.00 bits per heavy atom. The van der Waals surface area contributed by atoms with E-state index in [1.165, 1.54) is 34.1 Å². The van der Waals surface area contributed by atoms with Crippen molar-refractivity contribution in [2.75, 3.05) is 13.1 Å². The summed E-state index contributed by atoms with van der Waals surface area (Å²) >= 11 is 11.7. The number of hydrogen-bond acceptors (Lipinski definition) is 10. The molecule has 0 aromatic heterocycles. The minimum absolute atomic E-state index is 0.0492. The topological polar surface area (TPSA) is 214 Å². The van der Waals surface area contributed by atoms with Crippen LogP contribution in [0.15, 0.2) is 58.3 Å². The van der Waals surface area contributed by atoms with Gasteiger partial charge in [0.2, 0.25) is 20.0 Å². The fourth-order valence-corrected chi connectivity index (χ4v) is 9.47. The Kier molecular flexibility index (Phi) is 11.2. The molecule has 0 spiro atoms. The molecular weight excluding hydrogens is 809 g/mol. The zero-order valence-corrected chi connectivity index (χ0v) is 31.6. The quantitative estimate of drug-likeness (QED) is 0.0752. The molecule has 0 bridgehead atoms. The molecule has 6 rings (SSSR count). The monoisotopic (exact) mass is 840 g/mol. The molecule has 292 valence electrons. The highest BCUT2D eigenvalue weighted by molar-refractivity contribution is 7.89. The number of amides is 2. The van der Waals surface area contributed by atoms with E-state index >= 15 is 0 Å². The number of phenols is 4. The van der Waals surface area contributed by atoms with Crippen molar-refractivity contribution in [1.29, 1.82) is 0 Å². The molecule has 4 aromatic carbocycles. The molecule has 2 aliphatic rings. The average molecular weight is 842 g/mol. The first kappa shape index (κ1) is 40.0. The van der Waals surface area contributed by atoms with Gasteiger partial charge in [-0.3, -0.25) is 9.59 Å². The molecule has 0 fully saturated rings. The first-order chi connectivity index (χ1) is 25.9. The van der Waals surface area contributed by atoms with E-state index in [4.69, 9.17) is 23.2 Å². The molecule has 55 heavy (non-hydrogen) atoms. The van der Waals surface area contributed by atoms with E-state index in [1.54, 1.807) is 0 Å². The van der Waals surface area contributed by atoms with Crippen LogP contribution in [0.4, 0.5) is 8.78 Å². The smallest absolute Gasteiger partial charge is 0.258 e. The predicted octanol–water partition coefficient (Wildman–Crippen LogP) is 4.83. The van der Waals surface area contributed by atoms with Crippen molar-refractivity contribution < 1.29 is 55.6 Å². The molecule has 2 heterocycles. The maximum absolute atomic E-state index is 13.6. The Bertz CT molecular complexity index is 2300. The third-order valence-electron chi connectivity index (χ3n) is 9.12. The number of halogens is 4. The summed E-state index contributed by atoms with van der Waals surface area (Å²) in [6.45, 7) is -0.911. The molecule has 0 unspecified atom stereocenters. The van der Waals surface area contributed by atoms with E-state index in [1.807, 2.05) is 0 Å². The van der Waals surface area contributed by atoms with Crippen LogP contribution in [0.1, 0.15) is 62.2 Å². The zero-order chi connectivity index (χ0) is 40.0. The number of sulfonamides is 2. The predicted molar refractivity (Wildman–Crippen MR) is 194 cm³/mol. The van der Waals surface area contributed by atoms with Gasteiger partial charge in [0, 0.05) is 62.5 Å². The zero-order valence-electron chi connectivity index (χ0n) is 28.4. The van der Waals surface area contributed by atoms with Crippen LogP contribution in [-0.2, 0) is 46.2 Å². The summed E-state index contributed by atoms with van der Waals surface area (Å²) in [5.41, 5.74) is 0.0143. The van der Waals surface area contributed by atoms with E-state index in [9.17, 15) is 55.6 Å². The van der Waals surface area contributed by atoms with Crippen molar-refractivity contribution in [3.05, 3.63) is 104 Å². The van der Waals surface area contributed by atoms with Gasteiger partial charge in [-0.05, 0) is 48.2 Å². The summed E-state index contributed by atoms with van der Waals surface area (Å²) in [6, 6.07) is 9.31. The molecule has 4 aromatic rings. The molecule has 0 aliphatic carbocycles. The van der Waals surface area contributed by atoms with Crippen LogP contribution in [-0.4, -0.2) is 72.0 Å². The van der Waals surface area contributed by atoms with Gasteiger partial charge in [0.1, 0.15) is 11.6 Å². The molecule has 0 saturated heterocycles. The molecule has 2 aliphatic heterocycles. The van der Waals surface area contributed by atoms with Gasteiger partial charge in [0.15, 0.2) is 23.0 Å². The lowest BCUT2D eigenvalue weighted by Crippen LogP contribution is -2.27. The van der Waals surface area contributed by atoms with Gasteiger partial charge < -0.3 is 30.2 Å². The van der Waals surface area contributed by atoms with E-state index in [2.05, 4.69) is 9.44 Å². The van der Waals surface area contributed by atoms with E-state index in [0.717, 1.165) is 24.3 Å². The number of hydrogen-bond donors (Lipinski definition) is 6. The summed E-state index contributed by atoms with van der Waals surface area (Å²) in [5.74, 6) is -6.06. The third-order valence-corrected chi connectivity index (χ3v) is 12.8. The number of nitrogens with zero attached hydrogens (tertiary/aromatic N) is 2. The second-order valence-corrected chi connectivity index (χ2v) is 17.2. The second kappa shape index (κ2) is 15.4. The highest BCUT2D eigenvalue weighted by Crippen LogP contribution is 2.43. The van der Waals surface area contributed by atoms with E-state index < -0.39 is 76.3 Å². The lowest BCUT2D eigenvalue weighted by Gasteiger charge is -2.16. The van der Waals surface area contributed by atoms with E-state index in [0.29, 0.717) is 17.5 Å². The van der Waals surface area contributed by atoms with Gasteiger partial charge in [-0.2, -0.15) is 0 Å². The van der Waals surface area contributed by atoms with Gasteiger partial charge in [0.25, 0.3) is 11.8 Å². The summed E-state index contributed by atoms with van der Waals surface area (Å²) in [5, 5.41) is 41.1. The van der Waals surface area contributed by atoms with Crippen LogP contribution in [0, 0.1) is 11.6 Å². The first-order valence-corrected chi connectivity index (χ1v) is 20.2. The van der Waals surface area contributed by atoms with Gasteiger partial charge in [-0.15, -0.1) is 0 Å². The van der Waals surface area contributed by atoms with Gasteiger partial charge >= 0.3 is 0 Å². The molecule has 2 amide bonds. The fraction of sp³-hybridized carbons (Fsp3) is 0.257. The van der Waals surface area contributed by atoms with Crippen molar-refractivity contribution >= 4 is 55.1 Å². The van der Waals surface area contributed by atoms with Crippen LogP contribution in [0.5, 0.6) is 23.0 Å². The molecule has 0 atom stereocenters. The number of carbonyl (C=O) groups excluding carboxylic acids is 2. The van der Waals surface area contributed by atoms with E-state index in [-0.39, 0.29) is 84.4 Å². The molecule has 0 saturated carbocycles. The number of carbonyl (C=O) groups is 2. The van der Waals surface area contributed by atoms with Crippen molar-refractivity contribution in [2.45, 2.75) is 55.2 Å². The van der Waals surface area contributed by atoms with Crippen LogP contribution in [0.2, 0.25) is 10.0 Å². The Labute approximate surface area is 323 Å². The lowest BCUT2D eigenvalue weighted by atomic mass is 10.1. The summed E-state index contributed by atoms with van der Waals surface area (Å²) < 4.78 is 85.4. The lowest BCUT2D eigenvalue weighted by molar-refractivity contribution is 0.0756. The molecule has 6 N–H and O–H groups in total. The van der Waals surface area contributed by atoms with Gasteiger partial charge in [0.05, 0.1) is 31.0 Å². The standard InChI is InChI=1S/C35H32Cl2F2N4O10S2/c36-22-10-18(4-6-24(22)38)14-42-16-20-28(12-26(44)32(46)30(20)34(42)48)54(50,51)40-8-2-1-3-9-41-55(52,53)29-13-27(45)33(47)31-21(29)17-43(35(31)49)15-19-5-7-25(39)23(37)11-19/h4-7,10-13,40-41,44-47H,1-3,8-9,14-17H2. The second-order valence-electron chi connectivity index (χ2n) is 12.9. The normalized spacial score (nSPS) is 14.2. The van der Waals surface area contributed by atoms with Crippen molar-refractivity contribution in [2.24, 2.45) is 0 Å². The highest BCUT2D eigenvalue weighted by Gasteiger charge is 2.39. The van der Waals surface area contributed by atoms with Crippen LogP contribution in [0.3, 0.4) is 0 Å². The van der Waals surface area contributed by atoms with Crippen LogP contribution in [0.25, 0.3) is 0 Å². The summed E-state index contributed by atoms with van der Waals surface area (Å²) in [6.07, 6.45) is 0.785. The molecule has 0 radical (unpaired) electrons. The Hall–Kier alpha value is -4.72. The third kappa shape index (κ3) is 8.01. The Morgan fingerprint density at radius 1 is 0.618 bits per heavy atom. The van der Waals surface area contributed by atoms with Crippen LogP contribution < -0.4 is 9.44 Å². The van der Waals surface area contributed by atoms with Crippen LogP contribution >= 0.6 is 23.2 Å². The molecule has 20 heteroatoms. The molecular formula is C35H32Cl2F2N4O10S2. The van der Waals surface area contributed by atoms with Crippen molar-refractivity contribution in [3.63, 3.8) is 0 Å². The molecule has 14 nitrogen and oxygen atoms in total. The number of fused-ring (bicyclic) bond motifs is 2. The van der Waals surface area contributed by atoms with Crippen molar-refractivity contribution in [1.82, 2.24) is 19.2 Å². The van der Waals surface area contributed by atoms with Gasteiger partial charge in [-0.1, -0.05) is 41.8 Å². The SMILES string of the molecule is O=C1c2c(O)c(O)cc(S(=O)(=O)NCCCCCNS(=O)(=O)c3cc(O)c(O)c4c3CN(Cc3ccc(F)c(Cl)c3)C4=O)c2CN1Cc1ccc(F)c(Cl)c1. The number of rotatable bonds is 14. The van der Waals surface area contributed by atoms with Gasteiger partial charge in [-0.25, -0.2) is 35.1 Å².